The molecule has 5 heteroatoms. The van der Waals surface area contributed by atoms with Gasteiger partial charge in [-0.15, -0.1) is 0 Å². The third-order valence-electron chi connectivity index (χ3n) is 3.13. The van der Waals surface area contributed by atoms with Gasteiger partial charge in [0.25, 0.3) is 0 Å². The Morgan fingerprint density at radius 3 is 2.32 bits per heavy atom. The molecule has 0 saturated carbocycles. The van der Waals surface area contributed by atoms with Crippen molar-refractivity contribution in [2.75, 3.05) is 12.3 Å². The van der Waals surface area contributed by atoms with Crippen molar-refractivity contribution in [1.82, 2.24) is 0 Å². The topological polar surface area (TPSA) is 43.1 Å². The third-order valence-corrected chi connectivity index (χ3v) is 5.54. The average molecular weight is 322 g/mol. The molecule has 1 aromatic carbocycles. The molecule has 0 spiro atoms. The van der Waals surface area contributed by atoms with E-state index in [1.807, 2.05) is 0 Å². The highest BCUT2D eigenvalue weighted by molar-refractivity contribution is 7.85. The van der Waals surface area contributed by atoms with Gasteiger partial charge < -0.3 is 5.73 Å². The normalized spacial score (nSPS) is 13.5. The van der Waals surface area contributed by atoms with Crippen LogP contribution >= 0.6 is 23.2 Å². The van der Waals surface area contributed by atoms with Crippen LogP contribution in [0.5, 0.6) is 0 Å². The molecule has 0 heterocycles. The zero-order valence-corrected chi connectivity index (χ0v) is 13.7. The quantitative estimate of drug-likeness (QED) is 0.762. The van der Waals surface area contributed by atoms with Crippen LogP contribution in [0.15, 0.2) is 23.1 Å². The number of unbranched alkanes of at least 4 members (excludes halogenated alkanes) is 1. The highest BCUT2D eigenvalue weighted by Gasteiger charge is 2.16. The number of hydrogen-bond acceptors (Lipinski definition) is 2. The maximum atomic E-state index is 12.2. The van der Waals surface area contributed by atoms with Crippen molar-refractivity contribution in [3.63, 3.8) is 0 Å². The van der Waals surface area contributed by atoms with E-state index in [1.165, 1.54) is 0 Å². The Morgan fingerprint density at radius 1 is 1.21 bits per heavy atom. The van der Waals surface area contributed by atoms with E-state index in [2.05, 4.69) is 13.8 Å². The second-order valence-electron chi connectivity index (χ2n) is 5.43. The lowest BCUT2D eigenvalue weighted by Crippen LogP contribution is -2.23. The van der Waals surface area contributed by atoms with E-state index in [0.717, 1.165) is 19.3 Å². The molecule has 1 unspecified atom stereocenters. The summed E-state index contributed by atoms with van der Waals surface area (Å²) in [5.74, 6) is 0.587. The Morgan fingerprint density at radius 2 is 1.79 bits per heavy atom. The van der Waals surface area contributed by atoms with Gasteiger partial charge in [-0.1, -0.05) is 49.5 Å². The molecule has 0 amide bonds. The number of benzene rings is 1. The second-order valence-corrected chi connectivity index (χ2v) is 7.75. The van der Waals surface area contributed by atoms with E-state index < -0.39 is 10.8 Å². The van der Waals surface area contributed by atoms with Crippen molar-refractivity contribution in [3.8, 4) is 0 Å². The van der Waals surface area contributed by atoms with Crippen molar-refractivity contribution in [1.29, 1.82) is 0 Å². The van der Waals surface area contributed by atoms with Crippen LogP contribution in [-0.4, -0.2) is 16.5 Å². The highest BCUT2D eigenvalue weighted by atomic mass is 35.5. The minimum atomic E-state index is -1.13. The van der Waals surface area contributed by atoms with Gasteiger partial charge >= 0.3 is 0 Å². The van der Waals surface area contributed by atoms with E-state index in [0.29, 0.717) is 27.2 Å². The van der Waals surface area contributed by atoms with Gasteiger partial charge in [0.15, 0.2) is 0 Å². The predicted octanol–water partition coefficient (Wildman–Crippen LogP) is 4.26. The van der Waals surface area contributed by atoms with Gasteiger partial charge in [-0.05, 0) is 36.9 Å². The third kappa shape index (κ3) is 5.42. The van der Waals surface area contributed by atoms with Gasteiger partial charge in [0.1, 0.15) is 0 Å². The Bertz CT molecular complexity index is 429. The highest BCUT2D eigenvalue weighted by Crippen LogP contribution is 2.28. The summed E-state index contributed by atoms with van der Waals surface area (Å²) in [4.78, 5) is 0.559. The fraction of sp³-hybridized carbons (Fsp3) is 0.571. The molecule has 1 rings (SSSR count). The van der Waals surface area contributed by atoms with Crippen molar-refractivity contribution >= 4 is 34.0 Å². The Hall–Kier alpha value is -0.0900. The Kier molecular flexibility index (Phi) is 6.81. The van der Waals surface area contributed by atoms with Crippen molar-refractivity contribution in [2.45, 2.75) is 38.0 Å². The summed E-state index contributed by atoms with van der Waals surface area (Å²) >= 11 is 12.1. The molecule has 0 aliphatic carbocycles. The van der Waals surface area contributed by atoms with Crippen LogP contribution in [0.25, 0.3) is 0 Å². The van der Waals surface area contributed by atoms with Crippen LogP contribution in [-0.2, 0) is 10.8 Å². The molecule has 0 saturated heterocycles. The van der Waals surface area contributed by atoms with Crippen molar-refractivity contribution in [3.05, 3.63) is 28.2 Å². The smallest absolute Gasteiger partial charge is 0.0760 e. The molecule has 0 bridgehead atoms. The first-order valence-corrected chi connectivity index (χ1v) is 8.47. The Labute approximate surface area is 128 Å². The molecule has 108 valence electrons. The summed E-state index contributed by atoms with van der Waals surface area (Å²) in [7, 11) is -1.13. The van der Waals surface area contributed by atoms with Gasteiger partial charge in [0, 0.05) is 5.75 Å². The summed E-state index contributed by atoms with van der Waals surface area (Å²) < 4.78 is 12.2. The number of nitrogens with two attached hydrogens (primary N) is 1. The minimum absolute atomic E-state index is 0.156. The molecule has 0 aliphatic rings. The van der Waals surface area contributed by atoms with Crippen LogP contribution in [0, 0.1) is 5.41 Å². The molecule has 2 N–H and O–H groups in total. The standard InChI is InChI=1S/C14H21Cl2NOS/c1-14(2,10-17)8-3-4-9-19(18)13-11(15)6-5-7-12(13)16/h5-7H,3-4,8-10,17H2,1-2H3. The van der Waals surface area contributed by atoms with Gasteiger partial charge in [0.2, 0.25) is 0 Å². The van der Waals surface area contributed by atoms with Gasteiger partial charge in [-0.25, -0.2) is 0 Å². The number of rotatable bonds is 7. The first-order chi connectivity index (χ1) is 8.87. The lowest BCUT2D eigenvalue weighted by molar-refractivity contribution is 0.336. The van der Waals surface area contributed by atoms with E-state index in [9.17, 15) is 4.21 Å². The fourth-order valence-electron chi connectivity index (χ4n) is 1.74. The molecule has 0 radical (unpaired) electrons. The zero-order chi connectivity index (χ0) is 14.5. The fourth-order valence-corrected chi connectivity index (χ4v) is 3.90. The second kappa shape index (κ2) is 7.63. The summed E-state index contributed by atoms with van der Waals surface area (Å²) in [6, 6.07) is 5.20. The molecule has 2 nitrogen and oxygen atoms in total. The molecule has 0 fully saturated rings. The molecule has 0 aliphatic heterocycles. The summed E-state index contributed by atoms with van der Waals surface area (Å²) in [5.41, 5.74) is 5.84. The largest absolute Gasteiger partial charge is 0.330 e. The van der Waals surface area contributed by atoms with Crippen LogP contribution in [0.3, 0.4) is 0 Å². The zero-order valence-electron chi connectivity index (χ0n) is 11.4. The lowest BCUT2D eigenvalue weighted by Gasteiger charge is -2.21. The first kappa shape index (κ1) is 17.0. The van der Waals surface area contributed by atoms with E-state index in [-0.39, 0.29) is 5.41 Å². The van der Waals surface area contributed by atoms with Gasteiger partial charge in [-0.3, -0.25) is 4.21 Å². The maximum absolute atomic E-state index is 12.2. The molecule has 1 atom stereocenters. The van der Waals surface area contributed by atoms with Crippen LogP contribution in [0.2, 0.25) is 10.0 Å². The van der Waals surface area contributed by atoms with Crippen molar-refractivity contribution in [2.24, 2.45) is 11.1 Å². The first-order valence-electron chi connectivity index (χ1n) is 6.40. The summed E-state index contributed by atoms with van der Waals surface area (Å²) in [6.07, 6.45) is 2.94. The van der Waals surface area contributed by atoms with E-state index in [4.69, 9.17) is 28.9 Å². The maximum Gasteiger partial charge on any atom is 0.0760 e. The minimum Gasteiger partial charge on any atom is -0.330 e. The van der Waals surface area contributed by atoms with Crippen LogP contribution in [0.4, 0.5) is 0 Å². The number of hydrogen-bond donors (Lipinski definition) is 1. The van der Waals surface area contributed by atoms with Crippen LogP contribution < -0.4 is 5.73 Å². The molecular weight excluding hydrogens is 301 g/mol. The molecular formula is C14H21Cl2NOS. The SMILES string of the molecule is CC(C)(CN)CCCCS(=O)c1c(Cl)cccc1Cl. The average Bonchev–Trinajstić information content (AvgIpc) is 2.34. The van der Waals surface area contributed by atoms with Gasteiger partial charge in [-0.2, -0.15) is 0 Å². The summed E-state index contributed by atoms with van der Waals surface area (Å²) in [6.45, 7) is 4.97. The predicted molar refractivity (Wildman–Crippen MR) is 84.4 cm³/mol. The van der Waals surface area contributed by atoms with Crippen LogP contribution in [0.1, 0.15) is 33.1 Å². The Balaban J connectivity index is 2.49. The number of halogens is 2. The summed E-state index contributed by atoms with van der Waals surface area (Å²) in [5, 5.41) is 0.959. The van der Waals surface area contributed by atoms with Crippen molar-refractivity contribution < 1.29 is 4.21 Å². The lowest BCUT2D eigenvalue weighted by atomic mass is 9.88. The molecule has 19 heavy (non-hydrogen) atoms. The molecule has 1 aromatic rings. The van der Waals surface area contributed by atoms with E-state index >= 15 is 0 Å². The van der Waals surface area contributed by atoms with E-state index in [1.54, 1.807) is 18.2 Å². The monoisotopic (exact) mass is 321 g/mol. The molecule has 0 aromatic heterocycles. The van der Waals surface area contributed by atoms with Gasteiger partial charge in [0.05, 0.1) is 25.7 Å².